The fourth-order valence-electron chi connectivity index (χ4n) is 0.768. The Hall–Kier alpha value is -0.890. The van der Waals surface area contributed by atoms with Gasteiger partial charge in [0.1, 0.15) is 0 Å². The first kappa shape index (κ1) is 10.1. The summed E-state index contributed by atoms with van der Waals surface area (Å²) < 4.78 is 0. The van der Waals surface area contributed by atoms with Gasteiger partial charge in [0.2, 0.25) is 0 Å². The molecule has 1 N–H and O–H groups in total. The van der Waals surface area contributed by atoms with Crippen LogP contribution in [0.25, 0.3) is 0 Å². The van der Waals surface area contributed by atoms with Crippen molar-refractivity contribution in [2.24, 2.45) is 4.99 Å². The topological polar surface area (TPSA) is 32.6 Å². The van der Waals surface area contributed by atoms with Crippen LogP contribution in [0.4, 0.5) is 0 Å². The first-order chi connectivity index (χ1) is 5.22. The summed E-state index contributed by atoms with van der Waals surface area (Å²) in [5.74, 6) is 0. The van der Waals surface area contributed by atoms with Crippen molar-refractivity contribution in [2.75, 3.05) is 6.61 Å². The van der Waals surface area contributed by atoms with Gasteiger partial charge >= 0.3 is 0 Å². The lowest BCUT2D eigenvalue weighted by atomic mass is 10.1. The predicted octanol–water partition coefficient (Wildman–Crippen LogP) is 1.92. The van der Waals surface area contributed by atoms with Crippen LogP contribution in [0.5, 0.6) is 0 Å². The van der Waals surface area contributed by atoms with Gasteiger partial charge in [-0.05, 0) is 32.1 Å². The van der Waals surface area contributed by atoms with Crippen LogP contribution in [-0.4, -0.2) is 18.4 Å². The van der Waals surface area contributed by atoms with Gasteiger partial charge in [-0.15, -0.1) is 0 Å². The van der Waals surface area contributed by atoms with Gasteiger partial charge in [-0.25, -0.2) is 0 Å². The quantitative estimate of drug-likeness (QED) is 0.475. The van der Waals surface area contributed by atoms with Crippen LogP contribution in [-0.2, 0) is 0 Å². The van der Waals surface area contributed by atoms with Crippen LogP contribution in [0.1, 0.15) is 19.8 Å². The Labute approximate surface area is 68.0 Å². The number of aliphatic hydroxyl groups excluding tert-OH is 1. The van der Waals surface area contributed by atoms with E-state index in [0.29, 0.717) is 0 Å². The molecule has 2 nitrogen and oxygen atoms in total. The van der Waals surface area contributed by atoms with Crippen molar-refractivity contribution in [2.45, 2.75) is 19.8 Å². The van der Waals surface area contributed by atoms with Crippen LogP contribution in [0.3, 0.4) is 0 Å². The second kappa shape index (κ2) is 5.86. The molecule has 0 unspecified atom stereocenters. The molecular formula is C9H15NO. The zero-order valence-electron chi connectivity index (χ0n) is 7.01. The maximum Gasteiger partial charge on any atom is 0.0434 e. The summed E-state index contributed by atoms with van der Waals surface area (Å²) in [5, 5.41) is 8.56. The molecule has 0 atom stereocenters. The van der Waals surface area contributed by atoms with Crippen LogP contribution >= 0.6 is 0 Å². The van der Waals surface area contributed by atoms with E-state index in [0.717, 1.165) is 24.0 Å². The van der Waals surface area contributed by atoms with Gasteiger partial charge in [0.25, 0.3) is 0 Å². The van der Waals surface area contributed by atoms with Gasteiger partial charge < -0.3 is 5.11 Å². The number of nitrogens with zero attached hydrogens (tertiary/aromatic N) is 1. The zero-order valence-corrected chi connectivity index (χ0v) is 7.01. The number of hydrogen-bond donors (Lipinski definition) is 1. The van der Waals surface area contributed by atoms with E-state index in [2.05, 4.69) is 18.3 Å². The van der Waals surface area contributed by atoms with Crippen molar-refractivity contribution in [3.05, 3.63) is 23.9 Å². The van der Waals surface area contributed by atoms with Crippen molar-refractivity contribution in [1.82, 2.24) is 0 Å². The van der Waals surface area contributed by atoms with E-state index in [1.165, 1.54) is 0 Å². The smallest absolute Gasteiger partial charge is 0.0434 e. The fourth-order valence-corrected chi connectivity index (χ4v) is 0.768. The van der Waals surface area contributed by atoms with E-state index in [9.17, 15) is 0 Å². The molecular weight excluding hydrogens is 138 g/mol. The Bertz CT molecular complexity index is 170. The van der Waals surface area contributed by atoms with E-state index in [1.54, 1.807) is 6.20 Å². The van der Waals surface area contributed by atoms with Crippen molar-refractivity contribution in [3.63, 3.8) is 0 Å². The molecule has 0 aliphatic rings. The van der Waals surface area contributed by atoms with Gasteiger partial charge in [-0.1, -0.05) is 12.2 Å². The molecule has 0 bridgehead atoms. The second-order valence-electron chi connectivity index (χ2n) is 2.44. The van der Waals surface area contributed by atoms with Crippen LogP contribution in [0.15, 0.2) is 28.9 Å². The first-order valence-corrected chi connectivity index (χ1v) is 3.64. The standard InChI is InChI=1S/C9H15NO/c1-8(2)9(7-10-3)5-4-6-11/h7,11H,1,3-6H2,2H3/b9-7-. The van der Waals surface area contributed by atoms with Crippen LogP contribution in [0, 0.1) is 0 Å². The molecule has 0 aliphatic heterocycles. The average molecular weight is 153 g/mol. The van der Waals surface area contributed by atoms with E-state index >= 15 is 0 Å². The SMILES string of the molecule is C=N/C=C(/CCCO)C(=C)C. The summed E-state index contributed by atoms with van der Waals surface area (Å²) in [6, 6.07) is 0. The molecule has 0 heterocycles. The Morgan fingerprint density at radius 1 is 1.64 bits per heavy atom. The molecule has 0 saturated heterocycles. The second-order valence-corrected chi connectivity index (χ2v) is 2.44. The highest BCUT2D eigenvalue weighted by Crippen LogP contribution is 2.13. The lowest BCUT2D eigenvalue weighted by Gasteiger charge is -2.02. The number of rotatable bonds is 5. The molecule has 62 valence electrons. The van der Waals surface area contributed by atoms with Gasteiger partial charge in [0.05, 0.1) is 0 Å². The summed E-state index contributed by atoms with van der Waals surface area (Å²) in [6.45, 7) is 9.29. The highest BCUT2D eigenvalue weighted by molar-refractivity contribution is 5.31. The van der Waals surface area contributed by atoms with E-state index in [1.807, 2.05) is 6.92 Å². The van der Waals surface area contributed by atoms with Crippen molar-refractivity contribution >= 4 is 6.72 Å². The van der Waals surface area contributed by atoms with E-state index < -0.39 is 0 Å². The molecule has 0 aliphatic carbocycles. The lowest BCUT2D eigenvalue weighted by Crippen LogP contribution is -1.88. The fraction of sp³-hybridized carbons (Fsp3) is 0.444. The summed E-state index contributed by atoms with van der Waals surface area (Å²) in [4.78, 5) is 3.66. The summed E-state index contributed by atoms with van der Waals surface area (Å²) in [6.07, 6.45) is 3.27. The van der Waals surface area contributed by atoms with Gasteiger partial charge in [-0.3, -0.25) is 4.99 Å². The molecule has 0 aromatic carbocycles. The maximum absolute atomic E-state index is 8.56. The van der Waals surface area contributed by atoms with Crippen LogP contribution in [0.2, 0.25) is 0 Å². The largest absolute Gasteiger partial charge is 0.396 e. The highest BCUT2D eigenvalue weighted by atomic mass is 16.2. The molecule has 0 amide bonds. The Kier molecular flexibility index (Phi) is 5.39. The van der Waals surface area contributed by atoms with Crippen molar-refractivity contribution < 1.29 is 5.11 Å². The predicted molar refractivity (Wildman–Crippen MR) is 48.8 cm³/mol. The third-order valence-electron chi connectivity index (χ3n) is 1.40. The summed E-state index contributed by atoms with van der Waals surface area (Å²) in [5.41, 5.74) is 2.06. The number of allylic oxidation sites excluding steroid dienone is 2. The molecule has 0 radical (unpaired) electrons. The molecule has 0 rings (SSSR count). The Morgan fingerprint density at radius 2 is 2.27 bits per heavy atom. The number of aliphatic imine (C=N–C) groups is 1. The third-order valence-corrected chi connectivity index (χ3v) is 1.40. The van der Waals surface area contributed by atoms with E-state index in [-0.39, 0.29) is 6.61 Å². The minimum atomic E-state index is 0.210. The normalized spacial score (nSPS) is 11.3. The maximum atomic E-state index is 8.56. The van der Waals surface area contributed by atoms with Crippen LogP contribution < -0.4 is 0 Å². The first-order valence-electron chi connectivity index (χ1n) is 3.64. The lowest BCUT2D eigenvalue weighted by molar-refractivity contribution is 0.288. The highest BCUT2D eigenvalue weighted by Gasteiger charge is 1.96. The molecule has 11 heavy (non-hydrogen) atoms. The Balaban J connectivity index is 4.00. The van der Waals surface area contributed by atoms with Gasteiger partial charge in [0.15, 0.2) is 0 Å². The molecule has 0 aromatic rings. The third kappa shape index (κ3) is 4.51. The van der Waals surface area contributed by atoms with Crippen molar-refractivity contribution in [1.29, 1.82) is 0 Å². The van der Waals surface area contributed by atoms with Crippen molar-refractivity contribution in [3.8, 4) is 0 Å². The monoisotopic (exact) mass is 153 g/mol. The molecule has 2 heteroatoms. The molecule has 0 fully saturated rings. The van der Waals surface area contributed by atoms with E-state index in [4.69, 9.17) is 5.11 Å². The molecule has 0 aromatic heterocycles. The Morgan fingerprint density at radius 3 is 2.64 bits per heavy atom. The van der Waals surface area contributed by atoms with Gasteiger partial charge in [-0.2, -0.15) is 0 Å². The number of aliphatic hydroxyl groups is 1. The summed E-state index contributed by atoms with van der Waals surface area (Å²) >= 11 is 0. The minimum absolute atomic E-state index is 0.210. The molecule has 0 saturated carbocycles. The number of hydrogen-bond acceptors (Lipinski definition) is 2. The average Bonchev–Trinajstić information content (AvgIpc) is 1.97. The zero-order chi connectivity index (χ0) is 8.69. The minimum Gasteiger partial charge on any atom is -0.396 e. The summed E-state index contributed by atoms with van der Waals surface area (Å²) in [7, 11) is 0. The molecule has 0 spiro atoms. The van der Waals surface area contributed by atoms with Gasteiger partial charge in [0, 0.05) is 12.8 Å².